The van der Waals surface area contributed by atoms with Crippen molar-refractivity contribution in [1.82, 2.24) is 4.90 Å². The third-order valence-corrected chi connectivity index (χ3v) is 3.43. The minimum atomic E-state index is 0.318. The fourth-order valence-electron chi connectivity index (χ4n) is 2.61. The molecule has 1 saturated heterocycles. The van der Waals surface area contributed by atoms with E-state index in [0.717, 1.165) is 19.0 Å². The van der Waals surface area contributed by atoms with Gasteiger partial charge in [0, 0.05) is 13.1 Å². The van der Waals surface area contributed by atoms with E-state index in [0.29, 0.717) is 6.04 Å². The van der Waals surface area contributed by atoms with Gasteiger partial charge in [-0.15, -0.1) is 0 Å². The predicted octanol–water partition coefficient (Wildman–Crippen LogP) is 3.98. The number of hydrogen-bond acceptors (Lipinski definition) is 1. The van der Waals surface area contributed by atoms with E-state index in [4.69, 9.17) is 0 Å². The van der Waals surface area contributed by atoms with E-state index in [1.54, 1.807) is 0 Å². The number of nitrogens with zero attached hydrogens (tertiary/aromatic N) is 1. The Morgan fingerprint density at radius 3 is 2.44 bits per heavy atom. The van der Waals surface area contributed by atoms with Crippen molar-refractivity contribution in [2.24, 2.45) is 5.92 Å². The molecule has 0 amide bonds. The van der Waals surface area contributed by atoms with Gasteiger partial charge in [-0.3, -0.25) is 4.90 Å². The maximum atomic E-state index is 3.94. The molecule has 1 heteroatoms. The molecule has 18 heavy (non-hydrogen) atoms. The molecule has 2 rings (SSSR count). The molecule has 0 saturated carbocycles. The molecule has 1 aliphatic rings. The van der Waals surface area contributed by atoms with E-state index < -0.39 is 0 Å². The number of hydrogen-bond donors (Lipinski definition) is 0. The van der Waals surface area contributed by atoms with Crippen molar-refractivity contribution in [1.29, 1.82) is 0 Å². The molecule has 1 nitrogen and oxygen atoms in total. The molecule has 1 aromatic carbocycles. The molecule has 1 atom stereocenters. The van der Waals surface area contributed by atoms with Crippen molar-refractivity contribution in [3.63, 3.8) is 0 Å². The Labute approximate surface area is 110 Å². The summed E-state index contributed by atoms with van der Waals surface area (Å²) in [5.41, 5.74) is 2.56. The first-order chi connectivity index (χ1) is 8.76. The first-order valence-corrected chi connectivity index (χ1v) is 6.50. The zero-order valence-electron chi connectivity index (χ0n) is 11.0. The van der Waals surface area contributed by atoms with Crippen LogP contribution in [0, 0.1) is 5.92 Å². The smallest absolute Gasteiger partial charge is 0.0601 e. The average molecular weight is 239 g/mol. The van der Waals surface area contributed by atoms with Gasteiger partial charge in [-0.05, 0) is 17.1 Å². The summed E-state index contributed by atoms with van der Waals surface area (Å²) in [6, 6.07) is 10.9. The summed E-state index contributed by atoms with van der Waals surface area (Å²) >= 11 is 0. The van der Waals surface area contributed by atoms with Crippen molar-refractivity contribution >= 4 is 0 Å². The van der Waals surface area contributed by atoms with E-state index in [2.05, 4.69) is 61.4 Å². The highest BCUT2D eigenvalue weighted by Gasteiger charge is 2.31. The van der Waals surface area contributed by atoms with E-state index >= 15 is 0 Å². The molecule has 94 valence electrons. The van der Waals surface area contributed by atoms with E-state index in [-0.39, 0.29) is 0 Å². The van der Waals surface area contributed by atoms with Crippen molar-refractivity contribution in [2.75, 3.05) is 13.1 Å². The van der Waals surface area contributed by atoms with Gasteiger partial charge in [0.15, 0.2) is 0 Å². The van der Waals surface area contributed by atoms with Gasteiger partial charge in [0.25, 0.3) is 0 Å². The van der Waals surface area contributed by atoms with Crippen LogP contribution in [0.3, 0.4) is 0 Å². The lowest BCUT2D eigenvalue weighted by Gasteiger charge is -2.43. The fraction of sp³-hybridized carbons (Fsp3) is 0.294. The van der Waals surface area contributed by atoms with Crippen LogP contribution < -0.4 is 0 Å². The second-order valence-electron chi connectivity index (χ2n) is 4.98. The molecule has 1 aromatic rings. The molecule has 1 fully saturated rings. The molecule has 0 radical (unpaired) electrons. The van der Waals surface area contributed by atoms with Gasteiger partial charge in [0.2, 0.25) is 0 Å². The molecular weight excluding hydrogens is 218 g/mol. The van der Waals surface area contributed by atoms with Crippen LogP contribution in [0.2, 0.25) is 0 Å². The molecular formula is C17H21N. The molecule has 0 spiro atoms. The van der Waals surface area contributed by atoms with E-state index in [9.17, 15) is 0 Å². The number of rotatable bonds is 5. The van der Waals surface area contributed by atoms with Crippen LogP contribution in [0.4, 0.5) is 0 Å². The topological polar surface area (TPSA) is 3.24 Å². The summed E-state index contributed by atoms with van der Waals surface area (Å²) in [6.07, 6.45) is 5.85. The molecule has 1 aliphatic heterocycles. The SMILES string of the molecule is C=C/C=C(\C=C)C(c1ccccc1)N1CC(C)C1. The average Bonchev–Trinajstić information content (AvgIpc) is 2.37. The molecule has 0 N–H and O–H groups in total. The largest absolute Gasteiger partial charge is 0.292 e. The molecule has 1 unspecified atom stereocenters. The summed E-state index contributed by atoms with van der Waals surface area (Å²) in [6.45, 7) is 12.3. The van der Waals surface area contributed by atoms with E-state index in [1.807, 2.05) is 12.2 Å². The van der Waals surface area contributed by atoms with Crippen LogP contribution in [0.25, 0.3) is 0 Å². The first-order valence-electron chi connectivity index (χ1n) is 6.50. The van der Waals surface area contributed by atoms with Crippen LogP contribution in [0.5, 0.6) is 0 Å². The van der Waals surface area contributed by atoms with E-state index in [1.165, 1.54) is 11.1 Å². The Hall–Kier alpha value is -1.60. The fourth-order valence-corrected chi connectivity index (χ4v) is 2.61. The molecule has 0 aliphatic carbocycles. The van der Waals surface area contributed by atoms with Gasteiger partial charge in [-0.25, -0.2) is 0 Å². The van der Waals surface area contributed by atoms with Gasteiger partial charge in [0.1, 0.15) is 0 Å². The zero-order chi connectivity index (χ0) is 13.0. The lowest BCUT2D eigenvalue weighted by Crippen LogP contribution is -2.47. The first kappa shape index (κ1) is 12.8. The van der Waals surface area contributed by atoms with Crippen molar-refractivity contribution in [3.8, 4) is 0 Å². The zero-order valence-corrected chi connectivity index (χ0v) is 11.0. The van der Waals surface area contributed by atoms with Crippen LogP contribution in [-0.4, -0.2) is 18.0 Å². The van der Waals surface area contributed by atoms with Crippen molar-refractivity contribution in [2.45, 2.75) is 13.0 Å². The highest BCUT2D eigenvalue weighted by Crippen LogP contribution is 2.34. The van der Waals surface area contributed by atoms with Gasteiger partial charge in [0.05, 0.1) is 6.04 Å². The minimum Gasteiger partial charge on any atom is -0.292 e. The van der Waals surface area contributed by atoms with Gasteiger partial charge >= 0.3 is 0 Å². The third kappa shape index (κ3) is 2.62. The quantitative estimate of drug-likeness (QED) is 0.703. The summed E-state index contributed by atoms with van der Waals surface area (Å²) in [4.78, 5) is 2.50. The summed E-state index contributed by atoms with van der Waals surface area (Å²) in [7, 11) is 0. The minimum absolute atomic E-state index is 0.318. The standard InChI is InChI=1S/C17H21N/c1-4-9-15(5-2)17(18-12-14(3)13-18)16-10-7-6-8-11-16/h4-11,14,17H,1-2,12-13H2,3H3/b15-9+. The predicted molar refractivity (Wildman–Crippen MR) is 78.4 cm³/mol. The van der Waals surface area contributed by atoms with Gasteiger partial charge in [-0.2, -0.15) is 0 Å². The van der Waals surface area contributed by atoms with Gasteiger partial charge in [-0.1, -0.05) is 68.6 Å². The van der Waals surface area contributed by atoms with Gasteiger partial charge < -0.3 is 0 Å². The second kappa shape index (κ2) is 5.83. The summed E-state index contributed by atoms with van der Waals surface area (Å²) < 4.78 is 0. The van der Waals surface area contributed by atoms with Crippen LogP contribution in [-0.2, 0) is 0 Å². The maximum absolute atomic E-state index is 3.94. The summed E-state index contributed by atoms with van der Waals surface area (Å²) in [5, 5.41) is 0. The Morgan fingerprint density at radius 1 is 1.28 bits per heavy atom. The number of benzene rings is 1. The van der Waals surface area contributed by atoms with Crippen LogP contribution in [0.15, 0.2) is 67.3 Å². The Balaban J connectivity index is 2.31. The third-order valence-electron chi connectivity index (χ3n) is 3.43. The lowest BCUT2D eigenvalue weighted by molar-refractivity contribution is 0.0793. The monoisotopic (exact) mass is 239 g/mol. The Morgan fingerprint density at radius 2 is 1.94 bits per heavy atom. The second-order valence-corrected chi connectivity index (χ2v) is 4.98. The highest BCUT2D eigenvalue weighted by atomic mass is 15.2. The Kier molecular flexibility index (Phi) is 4.16. The van der Waals surface area contributed by atoms with Crippen molar-refractivity contribution < 1.29 is 0 Å². The Bertz CT molecular complexity index is 438. The van der Waals surface area contributed by atoms with Crippen LogP contribution in [0.1, 0.15) is 18.5 Å². The molecule has 0 bridgehead atoms. The normalized spacial score (nSPS) is 19.1. The lowest BCUT2D eigenvalue weighted by atomic mass is 9.90. The van der Waals surface area contributed by atoms with Crippen molar-refractivity contribution in [3.05, 3.63) is 72.9 Å². The maximum Gasteiger partial charge on any atom is 0.0601 e. The summed E-state index contributed by atoms with van der Waals surface area (Å²) in [5.74, 6) is 0.797. The highest BCUT2D eigenvalue weighted by molar-refractivity contribution is 5.36. The van der Waals surface area contributed by atoms with Crippen LogP contribution >= 0.6 is 0 Å². The number of allylic oxidation sites excluding steroid dienone is 2. The molecule has 0 aromatic heterocycles. The molecule has 1 heterocycles. The number of likely N-dealkylation sites (tertiary alicyclic amines) is 1.